The lowest BCUT2D eigenvalue weighted by atomic mass is 10.2. The highest BCUT2D eigenvalue weighted by molar-refractivity contribution is 5.57. The molecule has 1 rings (SSSR count). The van der Waals surface area contributed by atoms with E-state index in [0.717, 1.165) is 11.3 Å². The highest BCUT2D eigenvalue weighted by Gasteiger charge is 2.07. The van der Waals surface area contributed by atoms with E-state index in [9.17, 15) is 0 Å². The summed E-state index contributed by atoms with van der Waals surface area (Å²) in [6.07, 6.45) is 0.0177. The second-order valence-electron chi connectivity index (χ2n) is 3.37. The Morgan fingerprint density at radius 2 is 2.14 bits per heavy atom. The van der Waals surface area contributed by atoms with E-state index < -0.39 is 0 Å². The first-order valence-electron chi connectivity index (χ1n) is 4.66. The second-order valence-corrected chi connectivity index (χ2v) is 3.37. The van der Waals surface area contributed by atoms with Gasteiger partial charge in [-0.05, 0) is 25.5 Å². The molecule has 3 heteroatoms. The predicted molar refractivity (Wildman–Crippen MR) is 57.6 cm³/mol. The molecule has 0 bridgehead atoms. The van der Waals surface area contributed by atoms with Gasteiger partial charge in [0, 0.05) is 7.11 Å². The lowest BCUT2D eigenvalue weighted by molar-refractivity contribution is 0.0925. The van der Waals surface area contributed by atoms with Crippen molar-refractivity contribution in [3.63, 3.8) is 0 Å². The van der Waals surface area contributed by atoms with Crippen LogP contribution in [0.15, 0.2) is 18.2 Å². The van der Waals surface area contributed by atoms with Gasteiger partial charge in [0.05, 0.1) is 12.3 Å². The van der Waals surface area contributed by atoms with Crippen LogP contribution in [0.5, 0.6) is 5.75 Å². The van der Waals surface area contributed by atoms with Crippen molar-refractivity contribution in [1.29, 1.82) is 0 Å². The summed E-state index contributed by atoms with van der Waals surface area (Å²) >= 11 is 0. The Labute approximate surface area is 84.8 Å². The first-order valence-corrected chi connectivity index (χ1v) is 4.66. The van der Waals surface area contributed by atoms with Gasteiger partial charge in [-0.3, -0.25) is 0 Å². The van der Waals surface area contributed by atoms with E-state index in [1.165, 1.54) is 0 Å². The molecule has 0 saturated carbocycles. The minimum atomic E-state index is 0.0177. The molecule has 1 aromatic carbocycles. The van der Waals surface area contributed by atoms with E-state index in [4.69, 9.17) is 15.2 Å². The quantitative estimate of drug-likeness (QED) is 0.747. The Hall–Kier alpha value is -1.22. The summed E-state index contributed by atoms with van der Waals surface area (Å²) in [6.45, 7) is 4.47. The lowest BCUT2D eigenvalue weighted by Crippen LogP contribution is -2.18. The first kappa shape index (κ1) is 10.9. The number of rotatable bonds is 4. The maximum Gasteiger partial charge on any atom is 0.142 e. The van der Waals surface area contributed by atoms with Crippen LogP contribution in [-0.4, -0.2) is 19.8 Å². The summed E-state index contributed by atoms with van der Waals surface area (Å²) in [5.41, 5.74) is 7.60. The third-order valence-corrected chi connectivity index (χ3v) is 2.01. The van der Waals surface area contributed by atoms with Crippen LogP contribution in [0, 0.1) is 6.92 Å². The van der Waals surface area contributed by atoms with Crippen LogP contribution in [0.4, 0.5) is 5.69 Å². The number of ether oxygens (including phenoxy) is 2. The molecule has 0 aliphatic heterocycles. The van der Waals surface area contributed by atoms with Gasteiger partial charge in [0.1, 0.15) is 11.9 Å². The summed E-state index contributed by atoms with van der Waals surface area (Å²) in [5, 5.41) is 0. The molecule has 0 aromatic heterocycles. The van der Waals surface area contributed by atoms with Crippen LogP contribution in [0.25, 0.3) is 0 Å². The van der Waals surface area contributed by atoms with Crippen molar-refractivity contribution in [2.45, 2.75) is 20.0 Å². The van der Waals surface area contributed by atoms with Gasteiger partial charge < -0.3 is 15.2 Å². The number of nitrogens with two attached hydrogens (primary N) is 1. The van der Waals surface area contributed by atoms with Crippen molar-refractivity contribution in [3.05, 3.63) is 23.8 Å². The normalized spacial score (nSPS) is 12.5. The van der Waals surface area contributed by atoms with E-state index >= 15 is 0 Å². The van der Waals surface area contributed by atoms with E-state index in [0.29, 0.717) is 12.3 Å². The van der Waals surface area contributed by atoms with Gasteiger partial charge in [0.15, 0.2) is 0 Å². The molecule has 14 heavy (non-hydrogen) atoms. The molecule has 3 nitrogen and oxygen atoms in total. The van der Waals surface area contributed by atoms with Gasteiger partial charge in [0.2, 0.25) is 0 Å². The standard InChI is InChI=1S/C11H17NO2/c1-8-5-4-6-10(11(8)12)14-9(2)7-13-3/h4-6,9H,7,12H2,1-3H3. The predicted octanol–water partition coefficient (Wildman–Crippen LogP) is 1.99. The number of benzene rings is 1. The Morgan fingerprint density at radius 1 is 1.43 bits per heavy atom. The zero-order valence-corrected chi connectivity index (χ0v) is 8.91. The summed E-state index contributed by atoms with van der Waals surface area (Å²) in [7, 11) is 1.65. The van der Waals surface area contributed by atoms with Gasteiger partial charge >= 0.3 is 0 Å². The average Bonchev–Trinajstić information content (AvgIpc) is 2.13. The highest BCUT2D eigenvalue weighted by atomic mass is 16.5. The Kier molecular flexibility index (Phi) is 3.77. The second kappa shape index (κ2) is 4.86. The van der Waals surface area contributed by atoms with E-state index in [1.54, 1.807) is 7.11 Å². The van der Waals surface area contributed by atoms with Crippen molar-refractivity contribution in [1.82, 2.24) is 0 Å². The molecular weight excluding hydrogens is 178 g/mol. The molecule has 1 atom stereocenters. The number of nitrogen functional groups attached to an aromatic ring is 1. The fraction of sp³-hybridized carbons (Fsp3) is 0.455. The number of para-hydroxylation sites is 1. The van der Waals surface area contributed by atoms with Crippen LogP contribution >= 0.6 is 0 Å². The van der Waals surface area contributed by atoms with E-state index in [-0.39, 0.29) is 6.10 Å². The molecule has 0 saturated heterocycles. The zero-order chi connectivity index (χ0) is 10.6. The third-order valence-electron chi connectivity index (χ3n) is 2.01. The fourth-order valence-corrected chi connectivity index (χ4v) is 1.24. The molecule has 2 N–H and O–H groups in total. The van der Waals surface area contributed by atoms with Crippen molar-refractivity contribution in [2.24, 2.45) is 0 Å². The fourth-order valence-electron chi connectivity index (χ4n) is 1.24. The molecule has 0 heterocycles. The highest BCUT2D eigenvalue weighted by Crippen LogP contribution is 2.25. The topological polar surface area (TPSA) is 44.5 Å². The molecule has 0 aliphatic rings. The maximum atomic E-state index is 5.86. The van der Waals surface area contributed by atoms with Crippen molar-refractivity contribution >= 4 is 5.69 Å². The average molecular weight is 195 g/mol. The smallest absolute Gasteiger partial charge is 0.142 e. The molecule has 0 amide bonds. The number of hydrogen-bond acceptors (Lipinski definition) is 3. The van der Waals surface area contributed by atoms with Gasteiger partial charge in [-0.2, -0.15) is 0 Å². The van der Waals surface area contributed by atoms with Gasteiger partial charge in [-0.1, -0.05) is 12.1 Å². The SMILES string of the molecule is COCC(C)Oc1cccc(C)c1N. The molecule has 0 radical (unpaired) electrons. The van der Waals surface area contributed by atoms with Gasteiger partial charge in [0.25, 0.3) is 0 Å². The minimum absolute atomic E-state index is 0.0177. The molecule has 78 valence electrons. The Balaban J connectivity index is 2.71. The third kappa shape index (κ3) is 2.64. The van der Waals surface area contributed by atoms with Crippen LogP contribution in [0.3, 0.4) is 0 Å². The number of aryl methyl sites for hydroxylation is 1. The summed E-state index contributed by atoms with van der Waals surface area (Å²) in [4.78, 5) is 0. The minimum Gasteiger partial charge on any atom is -0.486 e. The number of anilines is 1. The van der Waals surface area contributed by atoms with Crippen molar-refractivity contribution in [2.75, 3.05) is 19.5 Å². The van der Waals surface area contributed by atoms with E-state index in [1.807, 2.05) is 32.0 Å². The van der Waals surface area contributed by atoms with E-state index in [2.05, 4.69) is 0 Å². The maximum absolute atomic E-state index is 5.86. The summed E-state index contributed by atoms with van der Waals surface area (Å²) in [6, 6.07) is 5.76. The molecule has 0 fully saturated rings. The van der Waals surface area contributed by atoms with Gasteiger partial charge in [-0.15, -0.1) is 0 Å². The van der Waals surface area contributed by atoms with Crippen molar-refractivity contribution < 1.29 is 9.47 Å². The van der Waals surface area contributed by atoms with Crippen LogP contribution < -0.4 is 10.5 Å². The number of methoxy groups -OCH3 is 1. The summed E-state index contributed by atoms with van der Waals surface area (Å²) in [5.74, 6) is 0.731. The van der Waals surface area contributed by atoms with Crippen molar-refractivity contribution in [3.8, 4) is 5.75 Å². The first-order chi connectivity index (χ1) is 6.65. The monoisotopic (exact) mass is 195 g/mol. The zero-order valence-electron chi connectivity index (χ0n) is 8.91. The van der Waals surface area contributed by atoms with Crippen LogP contribution in [-0.2, 0) is 4.74 Å². The Morgan fingerprint density at radius 3 is 2.79 bits per heavy atom. The van der Waals surface area contributed by atoms with Crippen LogP contribution in [0.2, 0.25) is 0 Å². The molecule has 0 spiro atoms. The number of hydrogen-bond donors (Lipinski definition) is 1. The largest absolute Gasteiger partial charge is 0.486 e. The molecular formula is C11H17NO2. The lowest BCUT2D eigenvalue weighted by Gasteiger charge is -2.16. The molecule has 1 aromatic rings. The van der Waals surface area contributed by atoms with Crippen LogP contribution in [0.1, 0.15) is 12.5 Å². The van der Waals surface area contributed by atoms with Gasteiger partial charge in [-0.25, -0.2) is 0 Å². The molecule has 0 aliphatic carbocycles. The Bertz CT molecular complexity index is 299. The molecule has 1 unspecified atom stereocenters. The summed E-state index contributed by atoms with van der Waals surface area (Å²) < 4.78 is 10.6.